The minimum Gasteiger partial charge on any atom is -0.497 e. The van der Waals surface area contributed by atoms with E-state index < -0.39 is 6.04 Å². The van der Waals surface area contributed by atoms with E-state index in [1.807, 2.05) is 23.1 Å². The Morgan fingerprint density at radius 1 is 0.833 bits per heavy atom. The summed E-state index contributed by atoms with van der Waals surface area (Å²) in [5.74, 6) is 0.939. The smallest absolute Gasteiger partial charge is 0.256 e. The van der Waals surface area contributed by atoms with Crippen molar-refractivity contribution in [2.24, 2.45) is 0 Å². The summed E-state index contributed by atoms with van der Waals surface area (Å²) in [6, 6.07) is 24.1. The lowest BCUT2D eigenvalue weighted by Crippen LogP contribution is -2.47. The van der Waals surface area contributed by atoms with Crippen LogP contribution in [0.3, 0.4) is 0 Å². The van der Waals surface area contributed by atoms with Crippen molar-refractivity contribution in [1.82, 2.24) is 9.80 Å². The summed E-state index contributed by atoms with van der Waals surface area (Å²) in [7, 11) is 3.19. The summed E-state index contributed by atoms with van der Waals surface area (Å²) in [5, 5.41) is 3.32. The number of carbonyl (C=O) groups is 2. The van der Waals surface area contributed by atoms with E-state index in [4.69, 9.17) is 21.7 Å². The van der Waals surface area contributed by atoms with Crippen LogP contribution < -0.4 is 24.6 Å². The Kier molecular flexibility index (Phi) is 9.55. The molecule has 0 aromatic heterocycles. The van der Waals surface area contributed by atoms with Crippen LogP contribution in [0.1, 0.15) is 12.8 Å². The number of piperazine rings is 1. The molecular formula is C32H37N5O4S. The molecule has 10 heteroatoms. The van der Waals surface area contributed by atoms with Crippen molar-refractivity contribution < 1.29 is 19.1 Å². The van der Waals surface area contributed by atoms with Crippen LogP contribution in [0, 0.1) is 0 Å². The van der Waals surface area contributed by atoms with Crippen LogP contribution >= 0.6 is 12.2 Å². The molecule has 0 radical (unpaired) electrons. The number of para-hydroxylation sites is 1. The van der Waals surface area contributed by atoms with Gasteiger partial charge in [0.25, 0.3) is 5.91 Å². The zero-order valence-electron chi connectivity index (χ0n) is 24.1. The number of carbonyl (C=O) groups excluding carboxylic acids is 2. The number of ether oxygens (including phenoxy) is 2. The van der Waals surface area contributed by atoms with Gasteiger partial charge in [0.1, 0.15) is 17.5 Å². The van der Waals surface area contributed by atoms with Gasteiger partial charge in [-0.15, -0.1) is 0 Å². The summed E-state index contributed by atoms with van der Waals surface area (Å²) in [4.78, 5) is 35.2. The Hall–Kier alpha value is -4.15. The van der Waals surface area contributed by atoms with E-state index in [9.17, 15) is 9.59 Å². The third kappa shape index (κ3) is 6.83. The van der Waals surface area contributed by atoms with Crippen molar-refractivity contribution in [3.8, 4) is 11.5 Å². The third-order valence-electron chi connectivity index (χ3n) is 7.77. The van der Waals surface area contributed by atoms with Crippen LogP contribution in [-0.2, 0) is 9.59 Å². The molecule has 42 heavy (non-hydrogen) atoms. The van der Waals surface area contributed by atoms with Crippen LogP contribution in [0.4, 0.5) is 17.1 Å². The topological polar surface area (TPSA) is 77.6 Å². The van der Waals surface area contributed by atoms with Gasteiger partial charge in [-0.2, -0.15) is 0 Å². The predicted molar refractivity (Wildman–Crippen MR) is 170 cm³/mol. The molecule has 1 N–H and O–H groups in total. The molecule has 0 bridgehead atoms. The highest BCUT2D eigenvalue weighted by Gasteiger charge is 2.44. The van der Waals surface area contributed by atoms with Crippen molar-refractivity contribution in [3.05, 3.63) is 78.9 Å². The third-order valence-corrected chi connectivity index (χ3v) is 8.19. The maximum absolute atomic E-state index is 13.7. The molecular weight excluding hydrogens is 550 g/mol. The highest BCUT2D eigenvalue weighted by atomic mass is 32.1. The first-order chi connectivity index (χ1) is 20.5. The molecule has 2 fully saturated rings. The maximum atomic E-state index is 13.7. The Labute approximate surface area is 252 Å². The fraction of sp³-hybridized carbons (Fsp3) is 0.344. The van der Waals surface area contributed by atoms with E-state index >= 15 is 0 Å². The van der Waals surface area contributed by atoms with Gasteiger partial charge in [0.2, 0.25) is 5.91 Å². The fourth-order valence-corrected chi connectivity index (χ4v) is 5.87. The van der Waals surface area contributed by atoms with Gasteiger partial charge < -0.3 is 24.6 Å². The lowest BCUT2D eigenvalue weighted by atomic mass is 10.1. The second kappa shape index (κ2) is 13.7. The summed E-state index contributed by atoms with van der Waals surface area (Å²) >= 11 is 5.84. The second-order valence-corrected chi connectivity index (χ2v) is 10.7. The van der Waals surface area contributed by atoms with Crippen molar-refractivity contribution in [2.45, 2.75) is 18.9 Å². The van der Waals surface area contributed by atoms with E-state index in [1.54, 1.807) is 55.5 Å². The quantitative estimate of drug-likeness (QED) is 0.334. The highest BCUT2D eigenvalue weighted by molar-refractivity contribution is 7.80. The van der Waals surface area contributed by atoms with E-state index in [0.29, 0.717) is 34.5 Å². The predicted octanol–water partition coefficient (Wildman–Crippen LogP) is 4.25. The number of hydrogen-bond acceptors (Lipinski definition) is 7. The zero-order chi connectivity index (χ0) is 29.5. The van der Waals surface area contributed by atoms with Gasteiger partial charge in [-0.05, 0) is 85.8 Å². The number of benzene rings is 3. The molecule has 3 aromatic rings. The van der Waals surface area contributed by atoms with Gasteiger partial charge in [-0.25, -0.2) is 0 Å². The van der Waals surface area contributed by atoms with Crippen LogP contribution in [-0.4, -0.2) is 86.3 Å². The van der Waals surface area contributed by atoms with Crippen molar-refractivity contribution in [3.63, 3.8) is 0 Å². The zero-order valence-corrected chi connectivity index (χ0v) is 24.9. The van der Waals surface area contributed by atoms with Crippen molar-refractivity contribution >= 4 is 46.2 Å². The minimum atomic E-state index is -0.687. The highest BCUT2D eigenvalue weighted by Crippen LogP contribution is 2.29. The van der Waals surface area contributed by atoms with Gasteiger partial charge in [0.15, 0.2) is 5.11 Å². The van der Waals surface area contributed by atoms with E-state index in [0.717, 1.165) is 39.1 Å². The van der Waals surface area contributed by atoms with Gasteiger partial charge in [0.05, 0.1) is 26.3 Å². The van der Waals surface area contributed by atoms with Crippen LogP contribution in [0.15, 0.2) is 78.9 Å². The second-order valence-electron chi connectivity index (χ2n) is 10.4. The van der Waals surface area contributed by atoms with Gasteiger partial charge in [-0.1, -0.05) is 18.2 Å². The molecule has 0 aliphatic carbocycles. The Bertz CT molecular complexity index is 1360. The maximum Gasteiger partial charge on any atom is 0.256 e. The molecule has 2 aliphatic rings. The number of amides is 2. The number of hydrogen-bond donors (Lipinski definition) is 1. The molecule has 0 spiro atoms. The van der Waals surface area contributed by atoms with Crippen LogP contribution in [0.5, 0.6) is 11.5 Å². The standard InChI is InChI=1S/C32H37N5O4S/c1-40-27-13-9-24(10-14-27)33-30(38)23-29-31(39)37(26-11-15-28(41-2)16-12-26)32(42)36(29)18-6-17-34-19-21-35(22-20-34)25-7-4-3-5-8-25/h3-5,7-16,29H,6,17-23H2,1-2H3,(H,33,38)/t29-/m0/s1. The van der Waals surface area contributed by atoms with Gasteiger partial charge in [0, 0.05) is 44.1 Å². The Balaban J connectivity index is 1.23. The number of anilines is 3. The van der Waals surface area contributed by atoms with E-state index in [2.05, 4.69) is 39.4 Å². The molecule has 9 nitrogen and oxygen atoms in total. The molecule has 3 aromatic carbocycles. The number of thiocarbonyl (C=S) groups is 1. The number of rotatable bonds is 11. The molecule has 1 atom stereocenters. The monoisotopic (exact) mass is 587 g/mol. The average molecular weight is 588 g/mol. The minimum absolute atomic E-state index is 0.00654. The summed E-state index contributed by atoms with van der Waals surface area (Å²) in [5.41, 5.74) is 2.56. The normalized spacial score (nSPS) is 17.5. The first-order valence-corrected chi connectivity index (χ1v) is 14.6. The molecule has 2 amide bonds. The summed E-state index contributed by atoms with van der Waals surface area (Å²) in [6.45, 7) is 5.38. The number of nitrogens with one attached hydrogen (secondary N) is 1. The van der Waals surface area contributed by atoms with E-state index in [1.165, 1.54) is 5.69 Å². The summed E-state index contributed by atoms with van der Waals surface area (Å²) < 4.78 is 10.5. The van der Waals surface area contributed by atoms with Crippen molar-refractivity contribution in [2.75, 3.05) is 68.6 Å². The molecule has 0 saturated carbocycles. The fourth-order valence-electron chi connectivity index (χ4n) is 5.45. The van der Waals surface area contributed by atoms with Gasteiger partial charge in [-0.3, -0.25) is 19.4 Å². The molecule has 2 saturated heterocycles. The first kappa shape index (κ1) is 29.3. The number of methoxy groups -OCH3 is 2. The summed E-state index contributed by atoms with van der Waals surface area (Å²) in [6.07, 6.45) is 0.819. The largest absolute Gasteiger partial charge is 0.497 e. The lowest BCUT2D eigenvalue weighted by molar-refractivity contribution is -0.124. The number of nitrogens with zero attached hydrogens (tertiary/aromatic N) is 4. The molecule has 0 unspecified atom stereocenters. The molecule has 220 valence electrons. The molecule has 2 aliphatic heterocycles. The first-order valence-electron chi connectivity index (χ1n) is 14.2. The SMILES string of the molecule is COc1ccc(NC(=O)C[C@H]2C(=O)N(c3ccc(OC)cc3)C(=S)N2CCCN2CCN(c3ccccc3)CC2)cc1. The molecule has 2 heterocycles. The average Bonchev–Trinajstić information content (AvgIpc) is 3.26. The Morgan fingerprint density at radius 3 is 2.07 bits per heavy atom. The van der Waals surface area contributed by atoms with Crippen LogP contribution in [0.2, 0.25) is 0 Å². The van der Waals surface area contributed by atoms with Crippen LogP contribution in [0.25, 0.3) is 0 Å². The van der Waals surface area contributed by atoms with Crippen molar-refractivity contribution in [1.29, 1.82) is 0 Å². The van der Waals surface area contributed by atoms with Gasteiger partial charge >= 0.3 is 0 Å². The van der Waals surface area contributed by atoms with E-state index in [-0.39, 0.29) is 18.2 Å². The lowest BCUT2D eigenvalue weighted by Gasteiger charge is -2.36. The molecule has 5 rings (SSSR count). The Morgan fingerprint density at radius 2 is 1.45 bits per heavy atom.